The zero-order valence-electron chi connectivity index (χ0n) is 9.18. The van der Waals surface area contributed by atoms with E-state index in [1.807, 2.05) is 0 Å². The smallest absolute Gasteiger partial charge is 0.0533 e. The fourth-order valence-electron chi connectivity index (χ4n) is 1.38. The van der Waals surface area contributed by atoms with E-state index in [1.54, 1.807) is 0 Å². The number of hydrogen-bond acceptors (Lipinski definition) is 0. The monoisotopic (exact) mass is 316 g/mol. The summed E-state index contributed by atoms with van der Waals surface area (Å²) in [6, 6.07) is 0. The second kappa shape index (κ2) is 18.7. The summed E-state index contributed by atoms with van der Waals surface area (Å²) in [5.41, 5.74) is 0. The summed E-state index contributed by atoms with van der Waals surface area (Å²) in [5, 5.41) is 0. The number of unbranched alkanes of at least 4 members (excludes halogenated alkanes) is 8. The van der Waals surface area contributed by atoms with E-state index in [4.69, 9.17) is 0 Å². The SMILES string of the molecule is Br.Br.CCCCCCCCCCC. The van der Waals surface area contributed by atoms with Gasteiger partial charge in [-0.25, -0.2) is 0 Å². The molecule has 13 heavy (non-hydrogen) atoms. The highest BCUT2D eigenvalue weighted by Gasteiger charge is 1.88. The van der Waals surface area contributed by atoms with Crippen LogP contribution < -0.4 is 0 Å². The molecule has 84 valence electrons. The molecule has 0 N–H and O–H groups in total. The van der Waals surface area contributed by atoms with E-state index >= 15 is 0 Å². The topological polar surface area (TPSA) is 0 Å². The van der Waals surface area contributed by atoms with Crippen LogP contribution in [0.2, 0.25) is 0 Å². The van der Waals surface area contributed by atoms with E-state index in [2.05, 4.69) is 13.8 Å². The molecule has 0 fully saturated rings. The molecule has 0 rings (SSSR count). The summed E-state index contributed by atoms with van der Waals surface area (Å²) in [6.45, 7) is 4.55. The van der Waals surface area contributed by atoms with Gasteiger partial charge in [0.1, 0.15) is 0 Å². The van der Waals surface area contributed by atoms with Crippen molar-refractivity contribution in [2.24, 2.45) is 0 Å². The molecule has 0 nitrogen and oxygen atoms in total. The molecule has 0 aromatic rings. The molecule has 0 heterocycles. The number of rotatable bonds is 8. The summed E-state index contributed by atoms with van der Waals surface area (Å²) in [6.07, 6.45) is 13.0. The average molecular weight is 318 g/mol. The Hall–Kier alpha value is 0.960. The van der Waals surface area contributed by atoms with E-state index in [1.165, 1.54) is 57.8 Å². The largest absolute Gasteiger partial charge is 0.114 e. The molecule has 0 atom stereocenters. The van der Waals surface area contributed by atoms with Gasteiger partial charge in [0, 0.05) is 0 Å². The van der Waals surface area contributed by atoms with Crippen LogP contribution in [0.1, 0.15) is 71.6 Å². The van der Waals surface area contributed by atoms with Crippen molar-refractivity contribution < 1.29 is 0 Å². The minimum Gasteiger partial charge on any atom is -0.114 e. The Morgan fingerprint density at radius 1 is 0.462 bits per heavy atom. The highest BCUT2D eigenvalue weighted by Crippen LogP contribution is 2.08. The van der Waals surface area contributed by atoms with Gasteiger partial charge in [-0.05, 0) is 0 Å². The molecule has 0 saturated heterocycles. The van der Waals surface area contributed by atoms with Gasteiger partial charge in [-0.1, -0.05) is 71.6 Å². The molecular formula is C11H26Br2. The van der Waals surface area contributed by atoms with Gasteiger partial charge in [0.2, 0.25) is 0 Å². The molecule has 0 spiro atoms. The summed E-state index contributed by atoms with van der Waals surface area (Å²) in [4.78, 5) is 0. The van der Waals surface area contributed by atoms with E-state index in [0.29, 0.717) is 0 Å². The Bertz CT molecular complexity index is 57.1. The molecule has 0 aromatic carbocycles. The van der Waals surface area contributed by atoms with Gasteiger partial charge in [-0.2, -0.15) is 0 Å². The van der Waals surface area contributed by atoms with E-state index in [0.717, 1.165) is 0 Å². The number of hydrogen-bond donors (Lipinski definition) is 0. The summed E-state index contributed by atoms with van der Waals surface area (Å²) in [5.74, 6) is 0. The molecule has 0 aromatic heterocycles. The van der Waals surface area contributed by atoms with Crippen molar-refractivity contribution in [2.75, 3.05) is 0 Å². The maximum Gasteiger partial charge on any atom is -0.0533 e. The minimum atomic E-state index is 0. The minimum absolute atomic E-state index is 0. The first-order chi connectivity index (χ1) is 5.41. The van der Waals surface area contributed by atoms with Crippen molar-refractivity contribution >= 4 is 34.0 Å². The molecule has 0 aliphatic rings. The lowest BCUT2D eigenvalue weighted by Gasteiger charge is -1.98. The second-order valence-electron chi connectivity index (χ2n) is 3.47. The molecule has 0 amide bonds. The van der Waals surface area contributed by atoms with Crippen LogP contribution >= 0.6 is 34.0 Å². The lowest BCUT2D eigenvalue weighted by atomic mass is 10.1. The standard InChI is InChI=1S/C11H24.2BrH/c1-3-5-7-9-11-10-8-6-4-2;;/h3-11H2,1-2H3;2*1H. The first-order valence-electron chi connectivity index (χ1n) is 5.41. The molecule has 0 aliphatic heterocycles. The molecule has 0 saturated carbocycles. The lowest BCUT2D eigenvalue weighted by molar-refractivity contribution is 0.572. The molecule has 0 unspecified atom stereocenters. The molecule has 0 bridgehead atoms. The molecule has 0 radical (unpaired) electrons. The van der Waals surface area contributed by atoms with Crippen LogP contribution in [0.15, 0.2) is 0 Å². The maximum absolute atomic E-state index is 2.27. The molecule has 2 heteroatoms. The fraction of sp³-hybridized carbons (Fsp3) is 1.00. The fourth-order valence-corrected chi connectivity index (χ4v) is 1.38. The second-order valence-corrected chi connectivity index (χ2v) is 3.47. The van der Waals surface area contributed by atoms with Crippen LogP contribution in [0.5, 0.6) is 0 Å². The quantitative estimate of drug-likeness (QED) is 0.504. The highest BCUT2D eigenvalue weighted by molar-refractivity contribution is 8.93. The van der Waals surface area contributed by atoms with Crippen molar-refractivity contribution in [3.63, 3.8) is 0 Å². The van der Waals surface area contributed by atoms with Gasteiger partial charge in [0.15, 0.2) is 0 Å². The number of halogens is 2. The lowest BCUT2D eigenvalue weighted by Crippen LogP contribution is -1.79. The van der Waals surface area contributed by atoms with Crippen LogP contribution in [0.4, 0.5) is 0 Å². The van der Waals surface area contributed by atoms with Gasteiger partial charge < -0.3 is 0 Å². The van der Waals surface area contributed by atoms with Crippen LogP contribution in [0, 0.1) is 0 Å². The third-order valence-electron chi connectivity index (χ3n) is 2.21. The van der Waals surface area contributed by atoms with E-state index in [-0.39, 0.29) is 34.0 Å². The maximum atomic E-state index is 2.27. The van der Waals surface area contributed by atoms with Gasteiger partial charge in [-0.15, -0.1) is 34.0 Å². The highest BCUT2D eigenvalue weighted by atomic mass is 79.9. The summed E-state index contributed by atoms with van der Waals surface area (Å²) >= 11 is 0. The van der Waals surface area contributed by atoms with Crippen molar-refractivity contribution in [2.45, 2.75) is 71.6 Å². The van der Waals surface area contributed by atoms with Crippen molar-refractivity contribution in [3.05, 3.63) is 0 Å². The Morgan fingerprint density at radius 2 is 0.692 bits per heavy atom. The van der Waals surface area contributed by atoms with E-state index in [9.17, 15) is 0 Å². The third kappa shape index (κ3) is 19.4. The van der Waals surface area contributed by atoms with Crippen LogP contribution in [-0.2, 0) is 0 Å². The van der Waals surface area contributed by atoms with Crippen molar-refractivity contribution in [1.29, 1.82) is 0 Å². The Kier molecular flexibility index (Phi) is 28.1. The Balaban J connectivity index is -0.000000500. The summed E-state index contributed by atoms with van der Waals surface area (Å²) < 4.78 is 0. The van der Waals surface area contributed by atoms with Gasteiger partial charge in [-0.3, -0.25) is 0 Å². The third-order valence-corrected chi connectivity index (χ3v) is 2.21. The molecular weight excluding hydrogens is 292 g/mol. The van der Waals surface area contributed by atoms with Gasteiger partial charge >= 0.3 is 0 Å². The molecule has 0 aliphatic carbocycles. The van der Waals surface area contributed by atoms with Crippen LogP contribution in [0.25, 0.3) is 0 Å². The normalized spacial score (nSPS) is 8.77. The zero-order valence-corrected chi connectivity index (χ0v) is 12.6. The predicted molar refractivity (Wildman–Crippen MR) is 73.5 cm³/mol. The zero-order chi connectivity index (χ0) is 8.36. The predicted octanol–water partition coefficient (Wildman–Crippen LogP) is 5.69. The van der Waals surface area contributed by atoms with Crippen molar-refractivity contribution in [3.8, 4) is 0 Å². The Labute approximate surface area is 105 Å². The summed E-state index contributed by atoms with van der Waals surface area (Å²) in [7, 11) is 0. The first kappa shape index (κ1) is 19.5. The van der Waals surface area contributed by atoms with Gasteiger partial charge in [0.25, 0.3) is 0 Å². The van der Waals surface area contributed by atoms with Gasteiger partial charge in [0.05, 0.1) is 0 Å². The average Bonchev–Trinajstić information content (AvgIpc) is 2.03. The Morgan fingerprint density at radius 3 is 0.923 bits per heavy atom. The first-order valence-corrected chi connectivity index (χ1v) is 5.41. The van der Waals surface area contributed by atoms with Crippen LogP contribution in [0.3, 0.4) is 0 Å². The van der Waals surface area contributed by atoms with Crippen LogP contribution in [-0.4, -0.2) is 0 Å². The van der Waals surface area contributed by atoms with Crippen molar-refractivity contribution in [1.82, 2.24) is 0 Å². The van der Waals surface area contributed by atoms with E-state index < -0.39 is 0 Å².